The van der Waals surface area contributed by atoms with Crippen molar-refractivity contribution in [1.29, 1.82) is 0 Å². The highest BCUT2D eigenvalue weighted by Gasteiger charge is 2.25. The molecule has 0 saturated carbocycles. The number of amides is 1. The molecule has 10 nitrogen and oxygen atoms in total. The smallest absolute Gasteiger partial charge is 0.338 e. The zero-order chi connectivity index (χ0) is 23.4. The lowest BCUT2D eigenvalue weighted by Gasteiger charge is -2.21. The molecule has 0 heterocycles. The molecule has 0 atom stereocenters. The van der Waals surface area contributed by atoms with Gasteiger partial charge in [-0.25, -0.2) is 17.9 Å². The van der Waals surface area contributed by atoms with Crippen LogP contribution in [0.15, 0.2) is 47.4 Å². The number of non-ortho nitro benzene ring substituents is 1. The van der Waals surface area contributed by atoms with Crippen LogP contribution in [0.2, 0.25) is 5.02 Å². The van der Waals surface area contributed by atoms with E-state index in [0.29, 0.717) is 0 Å². The average Bonchev–Trinajstić information content (AvgIpc) is 2.65. The third-order valence-electron chi connectivity index (χ3n) is 3.59. The molecule has 0 saturated heterocycles. The SMILES string of the molecule is CC(C)(C)NS(=O)(=O)c1cc(C(=O)OCC(=O)Nc2ccc([N+](=O)[O-])cc2)ccc1Cl. The zero-order valence-electron chi connectivity index (χ0n) is 16.8. The van der Waals surface area contributed by atoms with E-state index in [1.807, 2.05) is 0 Å². The van der Waals surface area contributed by atoms with E-state index in [1.165, 1.54) is 36.4 Å². The van der Waals surface area contributed by atoms with Crippen LogP contribution in [-0.2, 0) is 19.6 Å². The van der Waals surface area contributed by atoms with Crippen molar-refractivity contribution in [3.05, 3.63) is 63.2 Å². The summed E-state index contributed by atoms with van der Waals surface area (Å²) in [5.74, 6) is -1.61. The van der Waals surface area contributed by atoms with Gasteiger partial charge in [-0.3, -0.25) is 14.9 Å². The number of hydrogen-bond donors (Lipinski definition) is 2. The van der Waals surface area contributed by atoms with E-state index in [9.17, 15) is 28.1 Å². The van der Waals surface area contributed by atoms with Crippen molar-refractivity contribution in [3.63, 3.8) is 0 Å². The molecule has 0 aromatic heterocycles. The highest BCUT2D eigenvalue weighted by molar-refractivity contribution is 7.89. The van der Waals surface area contributed by atoms with Crippen LogP contribution in [0.4, 0.5) is 11.4 Å². The van der Waals surface area contributed by atoms with E-state index in [4.69, 9.17) is 16.3 Å². The fourth-order valence-corrected chi connectivity index (χ4v) is 4.32. The summed E-state index contributed by atoms with van der Waals surface area (Å²) in [4.78, 5) is 34.0. The number of anilines is 1. The molecule has 0 spiro atoms. The van der Waals surface area contributed by atoms with E-state index < -0.39 is 39.0 Å². The zero-order valence-corrected chi connectivity index (χ0v) is 18.4. The highest BCUT2D eigenvalue weighted by Crippen LogP contribution is 2.24. The molecular weight excluding hydrogens is 450 g/mol. The predicted molar refractivity (Wildman–Crippen MR) is 114 cm³/mol. The Kier molecular flexibility index (Phi) is 7.37. The van der Waals surface area contributed by atoms with Gasteiger partial charge in [0.2, 0.25) is 10.0 Å². The van der Waals surface area contributed by atoms with Crippen molar-refractivity contribution in [2.45, 2.75) is 31.2 Å². The quantitative estimate of drug-likeness (QED) is 0.360. The van der Waals surface area contributed by atoms with Gasteiger partial charge in [0.25, 0.3) is 11.6 Å². The molecular formula is C19H20ClN3O7S. The van der Waals surface area contributed by atoms with Crippen molar-refractivity contribution in [3.8, 4) is 0 Å². The lowest BCUT2D eigenvalue weighted by atomic mass is 10.1. The monoisotopic (exact) mass is 469 g/mol. The average molecular weight is 470 g/mol. The van der Waals surface area contributed by atoms with Crippen molar-refractivity contribution < 1.29 is 27.7 Å². The van der Waals surface area contributed by atoms with Gasteiger partial charge in [-0.2, -0.15) is 0 Å². The van der Waals surface area contributed by atoms with Gasteiger partial charge in [-0.1, -0.05) is 11.6 Å². The molecule has 12 heteroatoms. The van der Waals surface area contributed by atoms with Gasteiger partial charge in [0.1, 0.15) is 4.90 Å². The standard InChI is InChI=1S/C19H20ClN3O7S/c1-19(2,3)22-31(28,29)16-10-12(4-9-15(16)20)18(25)30-11-17(24)21-13-5-7-14(8-6-13)23(26)27/h4-10,22H,11H2,1-3H3,(H,21,24). The summed E-state index contributed by atoms with van der Waals surface area (Å²) in [5.41, 5.74) is -0.741. The summed E-state index contributed by atoms with van der Waals surface area (Å²) < 4.78 is 32.4. The van der Waals surface area contributed by atoms with Crippen LogP contribution in [0, 0.1) is 10.1 Å². The summed E-state index contributed by atoms with van der Waals surface area (Å²) in [6, 6.07) is 8.66. The molecule has 0 radical (unpaired) electrons. The molecule has 2 aromatic carbocycles. The second-order valence-corrected chi connectivity index (χ2v) is 9.49. The maximum Gasteiger partial charge on any atom is 0.338 e. The van der Waals surface area contributed by atoms with Gasteiger partial charge in [-0.05, 0) is 51.1 Å². The second-order valence-electron chi connectivity index (χ2n) is 7.43. The molecule has 0 bridgehead atoms. The number of nitrogens with zero attached hydrogens (tertiary/aromatic N) is 1. The van der Waals surface area contributed by atoms with E-state index >= 15 is 0 Å². The lowest BCUT2D eigenvalue weighted by molar-refractivity contribution is -0.384. The van der Waals surface area contributed by atoms with Gasteiger partial charge < -0.3 is 10.1 Å². The van der Waals surface area contributed by atoms with E-state index in [1.54, 1.807) is 20.8 Å². The molecule has 0 fully saturated rings. The summed E-state index contributed by atoms with van der Waals surface area (Å²) in [6.07, 6.45) is 0. The third kappa shape index (κ3) is 7.02. The summed E-state index contributed by atoms with van der Waals surface area (Å²) in [6.45, 7) is 4.31. The van der Waals surface area contributed by atoms with Crippen molar-refractivity contribution >= 4 is 44.9 Å². The van der Waals surface area contributed by atoms with Gasteiger partial charge in [0.05, 0.1) is 15.5 Å². The second kappa shape index (κ2) is 9.41. The number of carbonyl (C=O) groups is 2. The Morgan fingerprint density at radius 1 is 1.13 bits per heavy atom. The minimum atomic E-state index is -4.00. The number of benzene rings is 2. The molecule has 2 aromatic rings. The van der Waals surface area contributed by atoms with Crippen molar-refractivity contribution in [2.75, 3.05) is 11.9 Å². The minimum Gasteiger partial charge on any atom is -0.452 e. The summed E-state index contributed by atoms with van der Waals surface area (Å²) in [7, 11) is -4.00. The Hall–Kier alpha value is -3.02. The molecule has 1 amide bonds. The Balaban J connectivity index is 2.05. The van der Waals surface area contributed by atoms with E-state index in [0.717, 1.165) is 6.07 Å². The number of esters is 1. The van der Waals surface area contributed by atoms with Crippen LogP contribution in [-0.4, -0.2) is 37.4 Å². The first-order valence-corrected chi connectivity index (χ1v) is 10.7. The first-order chi connectivity index (χ1) is 14.3. The van der Waals surface area contributed by atoms with Crippen LogP contribution in [0.25, 0.3) is 0 Å². The molecule has 166 valence electrons. The molecule has 0 aliphatic heterocycles. The Bertz CT molecular complexity index is 1110. The Labute approximate surface area is 183 Å². The van der Waals surface area contributed by atoms with Crippen LogP contribution in [0.3, 0.4) is 0 Å². The number of ether oxygens (including phenoxy) is 1. The summed E-state index contributed by atoms with van der Waals surface area (Å²) in [5, 5.41) is 13.0. The van der Waals surface area contributed by atoms with Crippen LogP contribution >= 0.6 is 11.6 Å². The number of nitro groups is 1. The fourth-order valence-electron chi connectivity index (χ4n) is 2.37. The maximum absolute atomic E-state index is 12.5. The summed E-state index contributed by atoms with van der Waals surface area (Å²) >= 11 is 5.99. The van der Waals surface area contributed by atoms with Gasteiger partial charge in [0.15, 0.2) is 6.61 Å². The van der Waals surface area contributed by atoms with Gasteiger partial charge in [0, 0.05) is 23.4 Å². The normalized spacial score (nSPS) is 11.6. The number of sulfonamides is 1. The molecule has 2 N–H and O–H groups in total. The molecule has 0 unspecified atom stereocenters. The number of nitrogens with one attached hydrogen (secondary N) is 2. The van der Waals surface area contributed by atoms with Crippen LogP contribution < -0.4 is 10.0 Å². The number of hydrogen-bond acceptors (Lipinski definition) is 7. The van der Waals surface area contributed by atoms with Crippen molar-refractivity contribution in [2.24, 2.45) is 0 Å². The van der Waals surface area contributed by atoms with Crippen LogP contribution in [0.1, 0.15) is 31.1 Å². The lowest BCUT2D eigenvalue weighted by Crippen LogP contribution is -2.40. The Morgan fingerprint density at radius 3 is 2.29 bits per heavy atom. The molecule has 0 aliphatic rings. The van der Waals surface area contributed by atoms with Gasteiger partial charge >= 0.3 is 5.97 Å². The minimum absolute atomic E-state index is 0.0794. The fraction of sp³-hybridized carbons (Fsp3) is 0.263. The number of carbonyl (C=O) groups excluding carboxylic acids is 2. The highest BCUT2D eigenvalue weighted by atomic mass is 35.5. The van der Waals surface area contributed by atoms with Crippen LogP contribution in [0.5, 0.6) is 0 Å². The predicted octanol–water partition coefficient (Wildman–Crippen LogP) is 3.12. The van der Waals surface area contributed by atoms with E-state index in [-0.39, 0.29) is 26.9 Å². The molecule has 2 rings (SSSR count). The molecule has 0 aliphatic carbocycles. The largest absolute Gasteiger partial charge is 0.452 e. The first kappa shape index (κ1) is 24.3. The molecule has 31 heavy (non-hydrogen) atoms. The maximum atomic E-state index is 12.5. The number of nitro benzene ring substituents is 1. The van der Waals surface area contributed by atoms with E-state index in [2.05, 4.69) is 10.0 Å². The van der Waals surface area contributed by atoms with Gasteiger partial charge in [-0.15, -0.1) is 0 Å². The van der Waals surface area contributed by atoms with Crippen molar-refractivity contribution in [1.82, 2.24) is 4.72 Å². The topological polar surface area (TPSA) is 145 Å². The number of halogens is 1. The third-order valence-corrected chi connectivity index (χ3v) is 5.83. The Morgan fingerprint density at radius 2 is 1.74 bits per heavy atom. The first-order valence-electron chi connectivity index (χ1n) is 8.83. The number of rotatable bonds is 7.